The molecule has 1 N–H and O–H groups in total. The Labute approximate surface area is 156 Å². The molecule has 1 aliphatic heterocycles. The number of rotatable bonds is 7. The van der Waals surface area contributed by atoms with Crippen LogP contribution >= 0.6 is 0 Å². The monoisotopic (exact) mass is 369 g/mol. The van der Waals surface area contributed by atoms with Crippen LogP contribution < -0.4 is 19.5 Å². The Morgan fingerprint density at radius 2 is 1.74 bits per heavy atom. The minimum atomic E-state index is -0.426. The van der Waals surface area contributed by atoms with Crippen LogP contribution in [0.3, 0.4) is 0 Å². The van der Waals surface area contributed by atoms with Crippen LogP contribution in [-0.2, 0) is 4.79 Å². The normalized spacial score (nSPS) is 11.8. The summed E-state index contributed by atoms with van der Waals surface area (Å²) in [6, 6.07) is 9.69. The molecule has 0 unspecified atom stereocenters. The van der Waals surface area contributed by atoms with Gasteiger partial charge in [-0.25, -0.2) is 0 Å². The zero-order valence-electron chi connectivity index (χ0n) is 15.0. The van der Waals surface area contributed by atoms with Crippen molar-refractivity contribution in [2.75, 3.05) is 18.7 Å². The van der Waals surface area contributed by atoms with E-state index in [1.54, 1.807) is 43.3 Å². The second-order valence-electron chi connectivity index (χ2n) is 5.95. The number of benzene rings is 2. The molecule has 0 bridgehead atoms. The number of carbonyl (C=O) groups is 3. The summed E-state index contributed by atoms with van der Waals surface area (Å²) in [5.74, 6) is 0.809. The molecule has 0 atom stereocenters. The van der Waals surface area contributed by atoms with Gasteiger partial charge in [-0.1, -0.05) is 6.92 Å². The minimum Gasteiger partial charge on any atom is -0.484 e. The smallest absolute Gasteiger partial charge is 0.262 e. The zero-order chi connectivity index (χ0) is 19.4. The average molecular weight is 369 g/mol. The molecule has 0 aromatic heterocycles. The van der Waals surface area contributed by atoms with Crippen molar-refractivity contribution in [2.24, 2.45) is 0 Å². The molecular weight excluding hydrogens is 350 g/mol. The largest absolute Gasteiger partial charge is 0.484 e. The predicted octanol–water partition coefficient (Wildman–Crippen LogP) is 3.23. The van der Waals surface area contributed by atoms with E-state index < -0.39 is 5.91 Å². The molecule has 3 rings (SSSR count). The molecule has 7 heteroatoms. The van der Waals surface area contributed by atoms with Crippen LogP contribution in [0.4, 0.5) is 5.69 Å². The molecule has 0 saturated carbocycles. The fourth-order valence-electron chi connectivity index (χ4n) is 2.61. The SMILES string of the molecule is CCC(=O)c1ccc(OCC(=O)Nc2cc3c(cc2C(C)=O)OCO3)cc1. The van der Waals surface area contributed by atoms with Crippen molar-refractivity contribution in [2.45, 2.75) is 20.3 Å². The van der Waals surface area contributed by atoms with Gasteiger partial charge in [0.25, 0.3) is 5.91 Å². The minimum absolute atomic E-state index is 0.0406. The van der Waals surface area contributed by atoms with Crippen LogP contribution in [0.1, 0.15) is 41.0 Å². The number of anilines is 1. The van der Waals surface area contributed by atoms with E-state index in [-0.39, 0.29) is 25.0 Å². The molecule has 1 heterocycles. The summed E-state index contributed by atoms with van der Waals surface area (Å²) in [7, 11) is 0. The molecule has 7 nitrogen and oxygen atoms in total. The maximum Gasteiger partial charge on any atom is 0.262 e. The van der Waals surface area contributed by atoms with E-state index in [1.165, 1.54) is 6.92 Å². The predicted molar refractivity (Wildman–Crippen MR) is 97.8 cm³/mol. The first-order valence-electron chi connectivity index (χ1n) is 8.48. The fraction of sp³-hybridized carbons (Fsp3) is 0.250. The summed E-state index contributed by atoms with van der Waals surface area (Å²) >= 11 is 0. The number of nitrogens with one attached hydrogen (secondary N) is 1. The van der Waals surface area contributed by atoms with Crippen molar-refractivity contribution in [3.8, 4) is 17.2 Å². The molecule has 0 aliphatic carbocycles. The molecule has 1 amide bonds. The first kappa shape index (κ1) is 18.4. The van der Waals surface area contributed by atoms with E-state index in [9.17, 15) is 14.4 Å². The van der Waals surface area contributed by atoms with E-state index in [0.717, 1.165) is 0 Å². The Kier molecular flexibility index (Phi) is 5.40. The van der Waals surface area contributed by atoms with Gasteiger partial charge in [-0.3, -0.25) is 14.4 Å². The standard InChI is InChI=1S/C20H19NO6/c1-3-17(23)13-4-6-14(7-5-13)25-10-20(24)21-16-9-19-18(26-11-27-19)8-15(16)12(2)22/h4-9H,3,10-11H2,1-2H3,(H,21,24). The number of fused-ring (bicyclic) bond motifs is 1. The lowest BCUT2D eigenvalue weighted by molar-refractivity contribution is -0.118. The van der Waals surface area contributed by atoms with Crippen molar-refractivity contribution >= 4 is 23.2 Å². The Balaban J connectivity index is 1.64. The number of ether oxygens (including phenoxy) is 3. The molecule has 27 heavy (non-hydrogen) atoms. The topological polar surface area (TPSA) is 90.9 Å². The van der Waals surface area contributed by atoms with Gasteiger partial charge in [-0.15, -0.1) is 0 Å². The Bertz CT molecular complexity index is 888. The molecule has 2 aromatic carbocycles. The summed E-state index contributed by atoms with van der Waals surface area (Å²) < 4.78 is 16.0. The van der Waals surface area contributed by atoms with Gasteiger partial charge in [0.1, 0.15) is 5.75 Å². The van der Waals surface area contributed by atoms with Crippen molar-refractivity contribution in [1.82, 2.24) is 0 Å². The molecule has 0 fully saturated rings. The van der Waals surface area contributed by atoms with Crippen molar-refractivity contribution in [3.05, 3.63) is 47.5 Å². The third-order valence-electron chi connectivity index (χ3n) is 4.03. The van der Waals surface area contributed by atoms with Crippen LogP contribution in [0, 0.1) is 0 Å². The van der Waals surface area contributed by atoms with Gasteiger partial charge in [0.2, 0.25) is 6.79 Å². The number of carbonyl (C=O) groups excluding carboxylic acids is 3. The van der Waals surface area contributed by atoms with Crippen LogP contribution in [0.25, 0.3) is 0 Å². The quantitative estimate of drug-likeness (QED) is 0.754. The Hall–Kier alpha value is -3.35. The average Bonchev–Trinajstić information content (AvgIpc) is 3.12. The van der Waals surface area contributed by atoms with Gasteiger partial charge in [0.05, 0.1) is 5.69 Å². The highest BCUT2D eigenvalue weighted by Crippen LogP contribution is 2.37. The van der Waals surface area contributed by atoms with Gasteiger partial charge >= 0.3 is 0 Å². The van der Waals surface area contributed by atoms with Crippen LogP contribution in [0.5, 0.6) is 17.2 Å². The fourth-order valence-corrected chi connectivity index (χ4v) is 2.61. The highest BCUT2D eigenvalue weighted by molar-refractivity contribution is 6.05. The summed E-state index contributed by atoms with van der Waals surface area (Å²) in [6.45, 7) is 3.03. The van der Waals surface area contributed by atoms with Gasteiger partial charge in [0, 0.05) is 23.6 Å². The molecular formula is C20H19NO6. The third kappa shape index (κ3) is 4.25. The third-order valence-corrected chi connectivity index (χ3v) is 4.03. The summed E-state index contributed by atoms with van der Waals surface area (Å²) in [4.78, 5) is 35.7. The molecule has 2 aromatic rings. The van der Waals surface area contributed by atoms with Gasteiger partial charge in [-0.05, 0) is 37.3 Å². The zero-order valence-corrected chi connectivity index (χ0v) is 15.0. The molecule has 1 aliphatic rings. The van der Waals surface area contributed by atoms with Crippen LogP contribution in [0.2, 0.25) is 0 Å². The molecule has 0 saturated heterocycles. The Morgan fingerprint density at radius 3 is 2.37 bits per heavy atom. The van der Waals surface area contributed by atoms with E-state index in [2.05, 4.69) is 5.32 Å². The first-order chi connectivity index (χ1) is 13.0. The number of ketones is 2. The lowest BCUT2D eigenvalue weighted by Gasteiger charge is -2.11. The van der Waals surface area contributed by atoms with Gasteiger partial charge in [0.15, 0.2) is 29.7 Å². The summed E-state index contributed by atoms with van der Waals surface area (Å²) in [5.41, 5.74) is 1.26. The van der Waals surface area contributed by atoms with E-state index in [4.69, 9.17) is 14.2 Å². The molecule has 140 valence electrons. The lowest BCUT2D eigenvalue weighted by atomic mass is 10.1. The highest BCUT2D eigenvalue weighted by Gasteiger charge is 2.20. The highest BCUT2D eigenvalue weighted by atomic mass is 16.7. The lowest BCUT2D eigenvalue weighted by Crippen LogP contribution is -2.21. The second kappa shape index (κ2) is 7.90. The van der Waals surface area contributed by atoms with Crippen molar-refractivity contribution < 1.29 is 28.6 Å². The van der Waals surface area contributed by atoms with E-state index in [0.29, 0.717) is 40.5 Å². The van der Waals surface area contributed by atoms with Crippen molar-refractivity contribution in [1.29, 1.82) is 0 Å². The Morgan fingerprint density at radius 1 is 1.07 bits per heavy atom. The van der Waals surface area contributed by atoms with Crippen LogP contribution in [-0.4, -0.2) is 30.9 Å². The number of hydrogen-bond donors (Lipinski definition) is 1. The molecule has 0 radical (unpaired) electrons. The number of Topliss-reactive ketones (excluding diaryl/α,β-unsaturated/α-hetero) is 2. The number of hydrogen-bond acceptors (Lipinski definition) is 6. The van der Waals surface area contributed by atoms with Gasteiger partial charge in [-0.2, -0.15) is 0 Å². The summed E-state index contributed by atoms with van der Waals surface area (Å²) in [5, 5.41) is 2.66. The van der Waals surface area contributed by atoms with E-state index >= 15 is 0 Å². The van der Waals surface area contributed by atoms with Crippen LogP contribution in [0.15, 0.2) is 36.4 Å². The van der Waals surface area contributed by atoms with E-state index in [1.807, 2.05) is 0 Å². The second-order valence-corrected chi connectivity index (χ2v) is 5.95. The van der Waals surface area contributed by atoms with Crippen molar-refractivity contribution in [3.63, 3.8) is 0 Å². The maximum absolute atomic E-state index is 12.2. The summed E-state index contributed by atoms with van der Waals surface area (Å²) in [6.07, 6.45) is 0.427. The van der Waals surface area contributed by atoms with Gasteiger partial charge < -0.3 is 19.5 Å². The molecule has 0 spiro atoms. The first-order valence-corrected chi connectivity index (χ1v) is 8.48. The number of amides is 1. The maximum atomic E-state index is 12.2.